The van der Waals surface area contributed by atoms with Crippen LogP contribution in [0.3, 0.4) is 0 Å². The van der Waals surface area contributed by atoms with E-state index in [0.29, 0.717) is 18.6 Å². The Kier molecular flexibility index (Phi) is 6.27. The van der Waals surface area contributed by atoms with E-state index in [1.807, 2.05) is 13.8 Å². The molecule has 0 radical (unpaired) electrons. The van der Waals surface area contributed by atoms with Crippen molar-refractivity contribution < 1.29 is 14.1 Å². The highest BCUT2D eigenvalue weighted by molar-refractivity contribution is 7.85. The summed E-state index contributed by atoms with van der Waals surface area (Å²) in [6, 6.07) is 2.18. The number of rotatable bonds is 7. The number of hydrogen-bond donors (Lipinski definition) is 1. The zero-order chi connectivity index (χ0) is 12.8. The Morgan fingerprint density at radius 1 is 1.56 bits per heavy atom. The van der Waals surface area contributed by atoms with E-state index in [4.69, 9.17) is 10.4 Å². The maximum atomic E-state index is 11.5. The fourth-order valence-corrected chi connectivity index (χ4v) is 2.50. The van der Waals surface area contributed by atoms with E-state index in [1.165, 1.54) is 0 Å². The molecular formula is C11H19NO3S. The highest BCUT2D eigenvalue weighted by Gasteiger charge is 2.18. The molecule has 0 aromatic rings. The van der Waals surface area contributed by atoms with Crippen LogP contribution in [0.2, 0.25) is 0 Å². The largest absolute Gasteiger partial charge is 0.481 e. The van der Waals surface area contributed by atoms with Crippen LogP contribution in [0.5, 0.6) is 0 Å². The molecule has 0 heterocycles. The van der Waals surface area contributed by atoms with Crippen molar-refractivity contribution in [1.29, 1.82) is 5.26 Å². The minimum Gasteiger partial charge on any atom is -0.481 e. The summed E-state index contributed by atoms with van der Waals surface area (Å²) in [4.78, 5) is 10.5. The topological polar surface area (TPSA) is 78.2 Å². The molecule has 0 spiro atoms. The summed E-state index contributed by atoms with van der Waals surface area (Å²) >= 11 is 0. The van der Waals surface area contributed by atoms with Gasteiger partial charge in [-0.3, -0.25) is 9.00 Å². The third kappa shape index (κ3) is 6.57. The zero-order valence-electron chi connectivity index (χ0n) is 10.0. The molecule has 0 aliphatic rings. The van der Waals surface area contributed by atoms with E-state index < -0.39 is 22.7 Å². The smallest absolute Gasteiger partial charge is 0.307 e. The van der Waals surface area contributed by atoms with Crippen molar-refractivity contribution in [2.75, 3.05) is 11.5 Å². The Labute approximate surface area is 99.1 Å². The van der Waals surface area contributed by atoms with Crippen molar-refractivity contribution in [3.63, 3.8) is 0 Å². The maximum absolute atomic E-state index is 11.5. The monoisotopic (exact) mass is 245 g/mol. The molecule has 1 N–H and O–H groups in total. The van der Waals surface area contributed by atoms with Crippen molar-refractivity contribution in [3.05, 3.63) is 0 Å². The van der Waals surface area contributed by atoms with Crippen molar-refractivity contribution in [3.8, 4) is 6.07 Å². The van der Waals surface area contributed by atoms with E-state index >= 15 is 0 Å². The lowest BCUT2D eigenvalue weighted by Crippen LogP contribution is -2.19. The minimum absolute atomic E-state index is 0.197. The summed E-state index contributed by atoms with van der Waals surface area (Å²) < 4.78 is 11.5. The fraction of sp³-hybridized carbons (Fsp3) is 0.818. The highest BCUT2D eigenvalue weighted by atomic mass is 32.2. The van der Waals surface area contributed by atoms with Gasteiger partial charge in [0.2, 0.25) is 0 Å². The molecule has 0 aromatic heterocycles. The Balaban J connectivity index is 3.84. The molecule has 0 saturated heterocycles. The summed E-state index contributed by atoms with van der Waals surface area (Å²) in [5.41, 5.74) is -0.386. The second-order valence-electron chi connectivity index (χ2n) is 4.65. The first-order valence-corrected chi connectivity index (χ1v) is 6.76. The van der Waals surface area contributed by atoms with Gasteiger partial charge in [0.1, 0.15) is 0 Å². The van der Waals surface area contributed by atoms with E-state index in [9.17, 15) is 9.00 Å². The van der Waals surface area contributed by atoms with E-state index in [2.05, 4.69) is 6.07 Å². The number of carbonyl (C=O) groups is 1. The predicted octanol–water partition coefficient (Wildman–Crippen LogP) is 1.79. The van der Waals surface area contributed by atoms with Crippen LogP contribution in [0.4, 0.5) is 0 Å². The highest BCUT2D eigenvalue weighted by Crippen LogP contribution is 2.20. The Bertz CT molecular complexity index is 307. The van der Waals surface area contributed by atoms with Gasteiger partial charge >= 0.3 is 5.97 Å². The van der Waals surface area contributed by atoms with Crippen molar-refractivity contribution in [1.82, 2.24) is 0 Å². The third-order valence-corrected chi connectivity index (χ3v) is 3.95. The van der Waals surface area contributed by atoms with Crippen LogP contribution in [0, 0.1) is 22.7 Å². The Morgan fingerprint density at radius 3 is 2.56 bits per heavy atom. The first-order chi connectivity index (χ1) is 7.28. The lowest BCUT2D eigenvalue weighted by molar-refractivity contribution is -0.140. The average molecular weight is 245 g/mol. The number of nitrogens with zero attached hydrogens (tertiary/aromatic N) is 1. The van der Waals surface area contributed by atoms with Gasteiger partial charge in [-0.1, -0.05) is 6.92 Å². The number of hydrogen-bond acceptors (Lipinski definition) is 3. The minimum atomic E-state index is -1.10. The Hall–Kier alpha value is -0.890. The average Bonchev–Trinajstić information content (AvgIpc) is 2.17. The van der Waals surface area contributed by atoms with Crippen LogP contribution in [-0.2, 0) is 15.6 Å². The fourth-order valence-electron chi connectivity index (χ4n) is 1.16. The van der Waals surface area contributed by atoms with Crippen LogP contribution in [0.15, 0.2) is 0 Å². The van der Waals surface area contributed by atoms with Gasteiger partial charge in [0.25, 0.3) is 0 Å². The van der Waals surface area contributed by atoms with Gasteiger partial charge in [0.05, 0.1) is 17.4 Å². The lowest BCUT2D eigenvalue weighted by atomic mass is 9.90. The number of aliphatic carboxylic acids is 1. The molecule has 0 rings (SSSR count). The second-order valence-corrected chi connectivity index (χ2v) is 6.27. The summed E-state index contributed by atoms with van der Waals surface area (Å²) in [5, 5.41) is 17.4. The summed E-state index contributed by atoms with van der Waals surface area (Å²) in [5.74, 6) is -0.805. The molecule has 0 fully saturated rings. The van der Waals surface area contributed by atoms with E-state index in [1.54, 1.807) is 6.92 Å². The summed E-state index contributed by atoms with van der Waals surface area (Å²) in [7, 11) is -1.10. The van der Waals surface area contributed by atoms with Crippen LogP contribution >= 0.6 is 0 Å². The quantitative estimate of drug-likeness (QED) is 0.741. The van der Waals surface area contributed by atoms with Gasteiger partial charge in [0, 0.05) is 22.3 Å². The molecule has 2 atom stereocenters. The van der Waals surface area contributed by atoms with Gasteiger partial charge in [-0.2, -0.15) is 5.26 Å². The van der Waals surface area contributed by atoms with Crippen LogP contribution in [-0.4, -0.2) is 26.8 Å². The van der Waals surface area contributed by atoms with Gasteiger partial charge in [-0.05, 0) is 26.7 Å². The molecule has 0 bridgehead atoms. The van der Waals surface area contributed by atoms with E-state index in [0.717, 1.165) is 0 Å². The van der Waals surface area contributed by atoms with E-state index in [-0.39, 0.29) is 11.2 Å². The number of carboxylic acid groups (broad SMARTS) is 1. The SMILES string of the molecule is CC(CS(=O)CCCC(C)(C)C#N)C(=O)O. The first kappa shape index (κ1) is 15.1. The molecular weight excluding hydrogens is 226 g/mol. The van der Waals surface area contributed by atoms with Crippen molar-refractivity contribution in [2.45, 2.75) is 33.6 Å². The first-order valence-electron chi connectivity index (χ1n) is 5.27. The van der Waals surface area contributed by atoms with Gasteiger partial charge in [-0.25, -0.2) is 0 Å². The Morgan fingerprint density at radius 2 is 2.12 bits per heavy atom. The molecule has 4 nitrogen and oxygen atoms in total. The predicted molar refractivity (Wildman–Crippen MR) is 63.3 cm³/mol. The summed E-state index contributed by atoms with van der Waals surface area (Å²) in [6.07, 6.45) is 1.39. The molecule has 0 aliphatic carbocycles. The standard InChI is InChI=1S/C11H19NO3S/c1-9(10(13)14)7-16(15)6-4-5-11(2,3)8-12/h9H,4-7H2,1-3H3,(H,13,14). The molecule has 16 heavy (non-hydrogen) atoms. The zero-order valence-corrected chi connectivity index (χ0v) is 10.8. The number of carboxylic acids is 1. The van der Waals surface area contributed by atoms with Crippen LogP contribution in [0.1, 0.15) is 33.6 Å². The van der Waals surface area contributed by atoms with Gasteiger partial charge in [-0.15, -0.1) is 0 Å². The van der Waals surface area contributed by atoms with Gasteiger partial charge in [0.15, 0.2) is 0 Å². The lowest BCUT2D eigenvalue weighted by Gasteiger charge is -2.14. The van der Waals surface area contributed by atoms with Crippen molar-refractivity contribution in [2.24, 2.45) is 11.3 Å². The van der Waals surface area contributed by atoms with Crippen molar-refractivity contribution >= 4 is 16.8 Å². The maximum Gasteiger partial charge on any atom is 0.307 e. The third-order valence-electron chi connectivity index (χ3n) is 2.33. The molecule has 0 amide bonds. The molecule has 0 aromatic carbocycles. The molecule has 2 unspecified atom stereocenters. The van der Waals surface area contributed by atoms with Crippen LogP contribution < -0.4 is 0 Å². The summed E-state index contributed by atoms with van der Waals surface area (Å²) in [6.45, 7) is 5.24. The molecule has 0 saturated carbocycles. The normalized spacial score (nSPS) is 15.1. The van der Waals surface area contributed by atoms with Crippen LogP contribution in [0.25, 0.3) is 0 Å². The molecule has 92 valence electrons. The number of nitriles is 1. The second kappa shape index (κ2) is 6.64. The van der Waals surface area contributed by atoms with Gasteiger partial charge < -0.3 is 5.11 Å². The molecule has 0 aliphatic heterocycles. The molecule has 5 heteroatoms.